The minimum Gasteiger partial charge on any atom is -0.381 e. The summed E-state index contributed by atoms with van der Waals surface area (Å²) in [6.45, 7) is 4.71. The molecule has 2 heterocycles. The summed E-state index contributed by atoms with van der Waals surface area (Å²) in [4.78, 5) is 0. The molecule has 1 unspecified atom stereocenters. The third kappa shape index (κ3) is 2.82. The second-order valence-electron chi connectivity index (χ2n) is 5.93. The van der Waals surface area contributed by atoms with Gasteiger partial charge in [0.05, 0.1) is 5.69 Å². The van der Waals surface area contributed by atoms with Gasteiger partial charge in [-0.05, 0) is 35.8 Å². The van der Waals surface area contributed by atoms with E-state index in [1.54, 1.807) is 12.7 Å². The average Bonchev–Trinajstić information content (AvgIpc) is 2.96. The minimum absolute atomic E-state index is 0.345. The molecule has 5 heteroatoms. The zero-order chi connectivity index (χ0) is 14.0. The molecular weight excluding hydrogens is 268 g/mol. The second kappa shape index (κ2) is 5.48. The summed E-state index contributed by atoms with van der Waals surface area (Å²) in [5.41, 5.74) is 2.59. The fraction of sp³-hybridized carbons (Fsp3) is 0.467. The molecule has 3 rings (SSSR count). The number of benzene rings is 1. The SMILES string of the molecule is CC1(C)CCSCC1Nc1cccc(-n2cnnc2)c1. The van der Waals surface area contributed by atoms with Crippen molar-refractivity contribution in [3.05, 3.63) is 36.9 Å². The maximum absolute atomic E-state index is 3.86. The first-order chi connectivity index (χ1) is 9.65. The number of nitrogens with zero attached hydrogens (tertiary/aromatic N) is 3. The van der Waals surface area contributed by atoms with Crippen molar-refractivity contribution in [3.63, 3.8) is 0 Å². The Morgan fingerprint density at radius 1 is 1.30 bits per heavy atom. The first-order valence-electron chi connectivity index (χ1n) is 6.94. The van der Waals surface area contributed by atoms with E-state index < -0.39 is 0 Å². The van der Waals surface area contributed by atoms with Gasteiger partial charge in [-0.1, -0.05) is 19.9 Å². The number of aromatic nitrogens is 3. The van der Waals surface area contributed by atoms with Crippen molar-refractivity contribution in [2.45, 2.75) is 26.3 Å². The van der Waals surface area contributed by atoms with Crippen molar-refractivity contribution in [2.75, 3.05) is 16.8 Å². The third-order valence-corrected chi connectivity index (χ3v) is 5.08. The van der Waals surface area contributed by atoms with Gasteiger partial charge < -0.3 is 5.32 Å². The predicted octanol–water partition coefficient (Wildman–Crippen LogP) is 3.21. The fourth-order valence-electron chi connectivity index (χ4n) is 2.46. The van der Waals surface area contributed by atoms with Gasteiger partial charge in [-0.2, -0.15) is 11.8 Å². The molecule has 1 saturated heterocycles. The standard InChI is InChI=1S/C15H20N4S/c1-15(2)6-7-20-9-14(15)18-12-4-3-5-13(8-12)19-10-16-17-11-19/h3-5,8,10-11,14,18H,6-7,9H2,1-2H3. The van der Waals surface area contributed by atoms with Crippen LogP contribution >= 0.6 is 11.8 Å². The van der Waals surface area contributed by atoms with E-state index in [4.69, 9.17) is 0 Å². The van der Waals surface area contributed by atoms with E-state index in [0.717, 1.165) is 11.4 Å². The lowest BCUT2D eigenvalue weighted by molar-refractivity contribution is 0.305. The van der Waals surface area contributed by atoms with Crippen molar-refractivity contribution < 1.29 is 0 Å². The van der Waals surface area contributed by atoms with E-state index in [-0.39, 0.29) is 0 Å². The average molecular weight is 288 g/mol. The quantitative estimate of drug-likeness (QED) is 0.942. The predicted molar refractivity (Wildman–Crippen MR) is 84.5 cm³/mol. The Kier molecular flexibility index (Phi) is 3.70. The Morgan fingerprint density at radius 2 is 2.10 bits per heavy atom. The van der Waals surface area contributed by atoms with Crippen LogP contribution in [-0.4, -0.2) is 32.3 Å². The number of thioether (sulfide) groups is 1. The van der Waals surface area contributed by atoms with E-state index in [9.17, 15) is 0 Å². The van der Waals surface area contributed by atoms with Gasteiger partial charge in [0.2, 0.25) is 0 Å². The smallest absolute Gasteiger partial charge is 0.123 e. The molecule has 1 aliphatic heterocycles. The van der Waals surface area contributed by atoms with E-state index >= 15 is 0 Å². The van der Waals surface area contributed by atoms with Gasteiger partial charge in [-0.25, -0.2) is 0 Å². The highest BCUT2D eigenvalue weighted by molar-refractivity contribution is 7.99. The molecule has 1 atom stereocenters. The second-order valence-corrected chi connectivity index (χ2v) is 7.08. The lowest BCUT2D eigenvalue weighted by Gasteiger charge is -2.39. The highest BCUT2D eigenvalue weighted by Gasteiger charge is 2.32. The van der Waals surface area contributed by atoms with Gasteiger partial charge in [-0.3, -0.25) is 4.57 Å². The van der Waals surface area contributed by atoms with Gasteiger partial charge >= 0.3 is 0 Å². The highest BCUT2D eigenvalue weighted by Crippen LogP contribution is 2.36. The fourth-order valence-corrected chi connectivity index (χ4v) is 4.07. The van der Waals surface area contributed by atoms with Crippen molar-refractivity contribution in [3.8, 4) is 5.69 Å². The molecular formula is C15H20N4S. The maximum atomic E-state index is 3.86. The Labute approximate surface area is 124 Å². The molecule has 1 aromatic heterocycles. The molecule has 0 amide bonds. The van der Waals surface area contributed by atoms with Crippen LogP contribution in [0.15, 0.2) is 36.9 Å². The monoisotopic (exact) mass is 288 g/mol. The number of nitrogens with one attached hydrogen (secondary N) is 1. The molecule has 106 valence electrons. The minimum atomic E-state index is 0.345. The van der Waals surface area contributed by atoms with E-state index in [0.29, 0.717) is 11.5 Å². The topological polar surface area (TPSA) is 42.7 Å². The number of hydrogen-bond acceptors (Lipinski definition) is 4. The van der Waals surface area contributed by atoms with E-state index in [2.05, 4.69) is 53.6 Å². The first kappa shape index (κ1) is 13.5. The van der Waals surface area contributed by atoms with Crippen LogP contribution in [0.1, 0.15) is 20.3 Å². The van der Waals surface area contributed by atoms with Crippen molar-refractivity contribution in [1.82, 2.24) is 14.8 Å². The maximum Gasteiger partial charge on any atom is 0.123 e. The zero-order valence-electron chi connectivity index (χ0n) is 11.9. The molecule has 2 aromatic rings. The van der Waals surface area contributed by atoms with Gasteiger partial charge in [0.15, 0.2) is 0 Å². The number of anilines is 1. The lowest BCUT2D eigenvalue weighted by Crippen LogP contribution is -2.41. The molecule has 0 aliphatic carbocycles. The van der Waals surface area contributed by atoms with Crippen molar-refractivity contribution in [2.24, 2.45) is 5.41 Å². The summed E-state index contributed by atoms with van der Waals surface area (Å²) in [6.07, 6.45) is 4.71. The Morgan fingerprint density at radius 3 is 2.85 bits per heavy atom. The van der Waals surface area contributed by atoms with Crippen LogP contribution in [-0.2, 0) is 0 Å². The zero-order valence-corrected chi connectivity index (χ0v) is 12.7. The van der Waals surface area contributed by atoms with Crippen LogP contribution in [0, 0.1) is 5.41 Å². The summed E-state index contributed by atoms with van der Waals surface area (Å²) in [6, 6.07) is 8.93. The number of rotatable bonds is 3. The van der Waals surface area contributed by atoms with Crippen LogP contribution in [0.4, 0.5) is 5.69 Å². The molecule has 1 fully saturated rings. The largest absolute Gasteiger partial charge is 0.381 e. The molecule has 4 nitrogen and oxygen atoms in total. The molecule has 0 bridgehead atoms. The molecule has 1 aliphatic rings. The first-order valence-corrected chi connectivity index (χ1v) is 8.10. The molecule has 0 spiro atoms. The highest BCUT2D eigenvalue weighted by atomic mass is 32.2. The van der Waals surface area contributed by atoms with Gasteiger partial charge in [0.25, 0.3) is 0 Å². The summed E-state index contributed by atoms with van der Waals surface area (Å²) in [5, 5.41) is 11.4. The van der Waals surface area contributed by atoms with Crippen LogP contribution < -0.4 is 5.32 Å². The lowest BCUT2D eigenvalue weighted by atomic mass is 9.82. The Bertz CT molecular complexity index is 565. The van der Waals surface area contributed by atoms with E-state index in [1.165, 1.54) is 17.9 Å². The van der Waals surface area contributed by atoms with Crippen LogP contribution in [0.3, 0.4) is 0 Å². The van der Waals surface area contributed by atoms with Crippen molar-refractivity contribution >= 4 is 17.4 Å². The molecule has 20 heavy (non-hydrogen) atoms. The summed E-state index contributed by atoms with van der Waals surface area (Å²) >= 11 is 2.04. The normalized spacial score (nSPS) is 21.6. The molecule has 0 radical (unpaired) electrons. The van der Waals surface area contributed by atoms with Crippen LogP contribution in [0.5, 0.6) is 0 Å². The summed E-state index contributed by atoms with van der Waals surface area (Å²) in [7, 11) is 0. The van der Waals surface area contributed by atoms with Gasteiger partial charge in [0.1, 0.15) is 12.7 Å². The molecule has 1 N–H and O–H groups in total. The Balaban J connectivity index is 1.79. The van der Waals surface area contributed by atoms with Crippen LogP contribution in [0.2, 0.25) is 0 Å². The summed E-state index contributed by atoms with van der Waals surface area (Å²) < 4.78 is 1.92. The van der Waals surface area contributed by atoms with Gasteiger partial charge in [0, 0.05) is 17.5 Å². The van der Waals surface area contributed by atoms with Crippen molar-refractivity contribution in [1.29, 1.82) is 0 Å². The summed E-state index contributed by atoms with van der Waals surface area (Å²) in [5.74, 6) is 2.44. The third-order valence-electron chi connectivity index (χ3n) is 4.02. The molecule has 1 aromatic carbocycles. The molecule has 0 saturated carbocycles. The number of hydrogen-bond donors (Lipinski definition) is 1. The van der Waals surface area contributed by atoms with Gasteiger partial charge in [-0.15, -0.1) is 10.2 Å². The van der Waals surface area contributed by atoms with Crippen LogP contribution in [0.25, 0.3) is 5.69 Å². The van der Waals surface area contributed by atoms with E-state index in [1.807, 2.05) is 16.3 Å². The Hall–Kier alpha value is -1.49.